The number of hydrogen-bond acceptors (Lipinski definition) is 6. The molecule has 8 nitrogen and oxygen atoms in total. The lowest BCUT2D eigenvalue weighted by molar-refractivity contribution is -0.114. The third-order valence-corrected chi connectivity index (χ3v) is 6.20. The Bertz CT molecular complexity index is 1530. The van der Waals surface area contributed by atoms with Crippen molar-refractivity contribution in [2.45, 2.75) is 11.8 Å². The molecule has 4 rings (SSSR count). The average Bonchev–Trinajstić information content (AvgIpc) is 2.83. The summed E-state index contributed by atoms with van der Waals surface area (Å²) in [5.74, 6) is -0.542. The highest BCUT2D eigenvalue weighted by molar-refractivity contribution is 7.87. The third-order valence-electron chi connectivity index (χ3n) is 4.94. The van der Waals surface area contributed by atoms with E-state index in [1.165, 1.54) is 49.5 Å². The van der Waals surface area contributed by atoms with Gasteiger partial charge in [-0.3, -0.25) is 9.59 Å². The maximum atomic E-state index is 12.6. The molecule has 2 N–H and O–H groups in total. The van der Waals surface area contributed by atoms with Crippen LogP contribution in [0.5, 0.6) is 5.75 Å². The SMILES string of the molecule is CC(=O)Nc1ccc(S(=O)(=O)Oc2cccc(/C=N\NC(=O)c3cccc4ccccc34)c2)cc1. The normalized spacial score (nSPS) is 11.3. The largest absolute Gasteiger partial charge is 0.379 e. The Kier molecular flexibility index (Phi) is 6.88. The number of hydrogen-bond donors (Lipinski definition) is 2. The van der Waals surface area contributed by atoms with Gasteiger partial charge in [-0.05, 0) is 58.8 Å². The van der Waals surface area contributed by atoms with Crippen molar-refractivity contribution in [2.24, 2.45) is 5.10 Å². The second kappa shape index (κ2) is 10.2. The molecule has 0 saturated carbocycles. The van der Waals surface area contributed by atoms with Crippen LogP contribution in [0, 0.1) is 0 Å². The van der Waals surface area contributed by atoms with Gasteiger partial charge < -0.3 is 9.50 Å². The summed E-state index contributed by atoms with van der Waals surface area (Å²) in [7, 11) is -4.09. The maximum Gasteiger partial charge on any atom is 0.339 e. The maximum absolute atomic E-state index is 12.6. The summed E-state index contributed by atoms with van der Waals surface area (Å²) in [5, 5.41) is 8.32. The molecule has 0 fully saturated rings. The molecular weight excluding hydrogens is 466 g/mol. The van der Waals surface area contributed by atoms with E-state index in [2.05, 4.69) is 15.8 Å². The molecule has 4 aromatic carbocycles. The van der Waals surface area contributed by atoms with Crippen molar-refractivity contribution in [1.82, 2.24) is 5.43 Å². The van der Waals surface area contributed by atoms with Crippen LogP contribution >= 0.6 is 0 Å². The minimum atomic E-state index is -4.09. The average molecular weight is 488 g/mol. The summed E-state index contributed by atoms with van der Waals surface area (Å²) in [4.78, 5) is 23.6. The fraction of sp³-hybridized carbons (Fsp3) is 0.0385. The summed E-state index contributed by atoms with van der Waals surface area (Å²) in [6, 6.07) is 24.9. The van der Waals surface area contributed by atoms with Crippen LogP contribution in [-0.2, 0) is 14.9 Å². The zero-order valence-electron chi connectivity index (χ0n) is 18.6. The fourth-order valence-electron chi connectivity index (χ4n) is 3.38. The van der Waals surface area contributed by atoms with E-state index >= 15 is 0 Å². The lowest BCUT2D eigenvalue weighted by Crippen LogP contribution is -2.17. The molecule has 0 atom stereocenters. The summed E-state index contributed by atoms with van der Waals surface area (Å²) in [6.07, 6.45) is 1.39. The summed E-state index contributed by atoms with van der Waals surface area (Å²) in [5.41, 5.74) is 3.98. The number of nitrogens with one attached hydrogen (secondary N) is 2. The fourth-order valence-corrected chi connectivity index (χ4v) is 4.30. The summed E-state index contributed by atoms with van der Waals surface area (Å²) < 4.78 is 30.5. The highest BCUT2D eigenvalue weighted by Gasteiger charge is 2.17. The minimum Gasteiger partial charge on any atom is -0.379 e. The van der Waals surface area contributed by atoms with Crippen molar-refractivity contribution in [2.75, 3.05) is 5.32 Å². The van der Waals surface area contributed by atoms with Gasteiger partial charge in [-0.1, -0.05) is 48.5 Å². The molecule has 0 aliphatic heterocycles. The molecule has 0 heterocycles. The van der Waals surface area contributed by atoms with Gasteiger partial charge in [0.15, 0.2) is 0 Å². The topological polar surface area (TPSA) is 114 Å². The number of anilines is 1. The Balaban J connectivity index is 1.44. The highest BCUT2D eigenvalue weighted by Crippen LogP contribution is 2.21. The predicted octanol–water partition coefficient (Wildman–Crippen LogP) is 4.33. The Hall–Kier alpha value is -4.50. The van der Waals surface area contributed by atoms with Crippen molar-refractivity contribution in [3.63, 3.8) is 0 Å². The molecule has 4 aromatic rings. The van der Waals surface area contributed by atoms with Gasteiger partial charge in [0, 0.05) is 18.2 Å². The van der Waals surface area contributed by atoms with E-state index in [0.29, 0.717) is 16.8 Å². The van der Waals surface area contributed by atoms with E-state index in [-0.39, 0.29) is 22.5 Å². The standard InChI is InChI=1S/C26H21N3O5S/c1-18(30)28-21-12-14-23(15-13-21)35(32,33)34-22-9-4-6-19(16-22)17-27-29-26(31)25-11-5-8-20-7-2-3-10-24(20)25/h2-17H,1H3,(H,28,30)(H,29,31)/b27-17-. The van der Waals surface area contributed by atoms with Gasteiger partial charge >= 0.3 is 10.1 Å². The summed E-state index contributed by atoms with van der Waals surface area (Å²) in [6.45, 7) is 1.36. The number of benzene rings is 4. The predicted molar refractivity (Wildman–Crippen MR) is 134 cm³/mol. The molecule has 0 radical (unpaired) electrons. The molecule has 2 amide bonds. The molecule has 176 valence electrons. The zero-order valence-corrected chi connectivity index (χ0v) is 19.5. The number of amides is 2. The lowest BCUT2D eigenvalue weighted by Gasteiger charge is -2.08. The van der Waals surface area contributed by atoms with E-state index in [4.69, 9.17) is 4.18 Å². The van der Waals surface area contributed by atoms with E-state index in [1.807, 2.05) is 30.3 Å². The molecule has 0 bridgehead atoms. The van der Waals surface area contributed by atoms with Gasteiger partial charge in [0.1, 0.15) is 10.6 Å². The van der Waals surface area contributed by atoms with Crippen LogP contribution in [-0.4, -0.2) is 26.4 Å². The van der Waals surface area contributed by atoms with Crippen molar-refractivity contribution in [1.29, 1.82) is 0 Å². The van der Waals surface area contributed by atoms with Crippen LogP contribution in [0.1, 0.15) is 22.8 Å². The van der Waals surface area contributed by atoms with Gasteiger partial charge in [-0.15, -0.1) is 0 Å². The van der Waals surface area contributed by atoms with Crippen LogP contribution < -0.4 is 14.9 Å². The molecule has 0 aliphatic carbocycles. The third kappa shape index (κ3) is 5.90. The van der Waals surface area contributed by atoms with Gasteiger partial charge in [-0.2, -0.15) is 13.5 Å². The smallest absolute Gasteiger partial charge is 0.339 e. The van der Waals surface area contributed by atoms with Crippen LogP contribution in [0.15, 0.2) is 101 Å². The molecule has 0 aromatic heterocycles. The first-order chi connectivity index (χ1) is 16.8. The number of rotatable bonds is 7. The van der Waals surface area contributed by atoms with Crippen molar-refractivity contribution < 1.29 is 22.2 Å². The van der Waals surface area contributed by atoms with E-state index in [1.54, 1.807) is 24.3 Å². The second-order valence-corrected chi connectivity index (χ2v) is 9.09. The van der Waals surface area contributed by atoms with Crippen LogP contribution in [0.2, 0.25) is 0 Å². The Morgan fingerprint density at radius 3 is 2.37 bits per heavy atom. The lowest BCUT2D eigenvalue weighted by atomic mass is 10.0. The molecular formula is C26H21N3O5S. The quantitative estimate of drug-likeness (QED) is 0.229. The first-order valence-corrected chi connectivity index (χ1v) is 12.0. The molecule has 0 aliphatic rings. The van der Waals surface area contributed by atoms with Gasteiger partial charge in [0.25, 0.3) is 5.91 Å². The zero-order chi connectivity index (χ0) is 24.8. The monoisotopic (exact) mass is 487 g/mol. The molecule has 0 saturated heterocycles. The van der Waals surface area contributed by atoms with E-state index in [0.717, 1.165) is 10.8 Å². The minimum absolute atomic E-state index is 0.0620. The van der Waals surface area contributed by atoms with Gasteiger partial charge in [0.05, 0.1) is 6.21 Å². The van der Waals surface area contributed by atoms with E-state index in [9.17, 15) is 18.0 Å². The van der Waals surface area contributed by atoms with Crippen LogP contribution in [0.4, 0.5) is 5.69 Å². The number of nitrogens with zero attached hydrogens (tertiary/aromatic N) is 1. The van der Waals surface area contributed by atoms with Gasteiger partial charge in [-0.25, -0.2) is 5.43 Å². The first kappa shape index (κ1) is 23.7. The second-order valence-electron chi connectivity index (χ2n) is 7.54. The van der Waals surface area contributed by atoms with Crippen molar-refractivity contribution in [3.05, 3.63) is 102 Å². The van der Waals surface area contributed by atoms with Crippen molar-refractivity contribution in [3.8, 4) is 5.75 Å². The Morgan fingerprint density at radius 2 is 1.60 bits per heavy atom. The number of carbonyl (C=O) groups is 2. The number of fused-ring (bicyclic) bond motifs is 1. The number of carbonyl (C=O) groups excluding carboxylic acids is 2. The first-order valence-electron chi connectivity index (χ1n) is 10.6. The highest BCUT2D eigenvalue weighted by atomic mass is 32.2. The number of hydrazone groups is 1. The molecule has 9 heteroatoms. The molecule has 0 unspecified atom stereocenters. The van der Waals surface area contributed by atoms with E-state index < -0.39 is 10.1 Å². The molecule has 35 heavy (non-hydrogen) atoms. The van der Waals surface area contributed by atoms with Crippen LogP contribution in [0.3, 0.4) is 0 Å². The Morgan fingerprint density at radius 1 is 0.886 bits per heavy atom. The van der Waals surface area contributed by atoms with Crippen molar-refractivity contribution >= 4 is 44.6 Å². The molecule has 0 spiro atoms. The van der Waals surface area contributed by atoms with Crippen LogP contribution in [0.25, 0.3) is 10.8 Å². The Labute approximate surface area is 202 Å². The van der Waals surface area contributed by atoms with Gasteiger partial charge in [0.2, 0.25) is 5.91 Å². The summed E-state index contributed by atoms with van der Waals surface area (Å²) >= 11 is 0.